The summed E-state index contributed by atoms with van der Waals surface area (Å²) in [6.45, 7) is 3.56. The first-order valence-electron chi connectivity index (χ1n) is 7.91. The van der Waals surface area contributed by atoms with Crippen molar-refractivity contribution in [2.45, 2.75) is 26.3 Å². The van der Waals surface area contributed by atoms with Gasteiger partial charge in [-0.25, -0.2) is 4.79 Å². The van der Waals surface area contributed by atoms with E-state index >= 15 is 0 Å². The zero-order chi connectivity index (χ0) is 18.4. The number of esters is 1. The molecular weight excluding hydrogens is 361 g/mol. The number of halogens is 2. The SMILES string of the molecule is CCc1ccc([C@@H](C)NC(=O)COC(=O)c2cccc(Cl)c2Cl)cc1. The lowest BCUT2D eigenvalue weighted by Gasteiger charge is -2.15. The minimum Gasteiger partial charge on any atom is -0.452 e. The van der Waals surface area contributed by atoms with Gasteiger partial charge >= 0.3 is 5.97 Å². The van der Waals surface area contributed by atoms with Crippen LogP contribution in [0.5, 0.6) is 0 Å². The molecule has 1 N–H and O–H groups in total. The third-order valence-corrected chi connectivity index (χ3v) is 4.59. The van der Waals surface area contributed by atoms with Crippen LogP contribution < -0.4 is 5.32 Å². The number of carbonyl (C=O) groups excluding carboxylic acids is 2. The topological polar surface area (TPSA) is 55.4 Å². The van der Waals surface area contributed by atoms with Crippen molar-refractivity contribution in [1.82, 2.24) is 5.32 Å². The number of hydrogen-bond acceptors (Lipinski definition) is 3. The molecule has 4 nitrogen and oxygen atoms in total. The molecule has 0 aliphatic heterocycles. The fraction of sp³-hybridized carbons (Fsp3) is 0.263. The molecule has 0 unspecified atom stereocenters. The maximum Gasteiger partial charge on any atom is 0.340 e. The Morgan fingerprint density at radius 2 is 1.80 bits per heavy atom. The summed E-state index contributed by atoms with van der Waals surface area (Å²) < 4.78 is 5.00. The summed E-state index contributed by atoms with van der Waals surface area (Å²) in [7, 11) is 0. The number of rotatable bonds is 6. The van der Waals surface area contributed by atoms with Crippen LogP contribution in [0.2, 0.25) is 10.0 Å². The van der Waals surface area contributed by atoms with Crippen molar-refractivity contribution in [2.75, 3.05) is 6.61 Å². The highest BCUT2D eigenvalue weighted by Crippen LogP contribution is 2.26. The summed E-state index contributed by atoms with van der Waals surface area (Å²) in [5.74, 6) is -1.08. The Labute approximate surface area is 157 Å². The first-order valence-corrected chi connectivity index (χ1v) is 8.67. The quantitative estimate of drug-likeness (QED) is 0.746. The molecule has 0 fully saturated rings. The molecule has 1 amide bonds. The van der Waals surface area contributed by atoms with Gasteiger partial charge in [-0.1, -0.05) is 60.5 Å². The van der Waals surface area contributed by atoms with E-state index in [1.165, 1.54) is 11.6 Å². The summed E-state index contributed by atoms with van der Waals surface area (Å²) in [4.78, 5) is 24.0. The van der Waals surface area contributed by atoms with Gasteiger partial charge in [0.1, 0.15) is 0 Å². The summed E-state index contributed by atoms with van der Waals surface area (Å²) >= 11 is 11.8. The van der Waals surface area contributed by atoms with Gasteiger partial charge in [-0.05, 0) is 36.6 Å². The highest BCUT2D eigenvalue weighted by atomic mass is 35.5. The maximum atomic E-state index is 12.0. The van der Waals surface area contributed by atoms with E-state index in [0.717, 1.165) is 12.0 Å². The second-order valence-electron chi connectivity index (χ2n) is 5.56. The van der Waals surface area contributed by atoms with Crippen LogP contribution in [0.4, 0.5) is 0 Å². The van der Waals surface area contributed by atoms with Crippen molar-refractivity contribution in [2.24, 2.45) is 0 Å². The van der Waals surface area contributed by atoms with Crippen LogP contribution in [0.25, 0.3) is 0 Å². The van der Waals surface area contributed by atoms with Crippen molar-refractivity contribution < 1.29 is 14.3 Å². The van der Waals surface area contributed by atoms with E-state index in [-0.39, 0.29) is 28.3 Å². The van der Waals surface area contributed by atoms with E-state index in [0.29, 0.717) is 0 Å². The predicted octanol–water partition coefficient (Wildman–Crippen LogP) is 4.59. The van der Waals surface area contributed by atoms with Gasteiger partial charge in [-0.15, -0.1) is 0 Å². The monoisotopic (exact) mass is 379 g/mol. The predicted molar refractivity (Wildman–Crippen MR) is 99.1 cm³/mol. The molecule has 0 spiro atoms. The fourth-order valence-electron chi connectivity index (χ4n) is 2.28. The maximum absolute atomic E-state index is 12.0. The molecule has 1 atom stereocenters. The van der Waals surface area contributed by atoms with Gasteiger partial charge in [0.05, 0.1) is 21.7 Å². The number of ether oxygens (including phenoxy) is 1. The van der Waals surface area contributed by atoms with Gasteiger partial charge in [0.2, 0.25) is 0 Å². The average molecular weight is 380 g/mol. The van der Waals surface area contributed by atoms with E-state index in [2.05, 4.69) is 12.2 Å². The third kappa shape index (κ3) is 5.21. The van der Waals surface area contributed by atoms with Crippen molar-refractivity contribution in [3.63, 3.8) is 0 Å². The Balaban J connectivity index is 1.89. The fourth-order valence-corrected chi connectivity index (χ4v) is 2.66. The van der Waals surface area contributed by atoms with E-state index in [4.69, 9.17) is 27.9 Å². The minimum absolute atomic E-state index is 0.110. The molecule has 0 saturated carbocycles. The molecule has 0 heterocycles. The number of carbonyl (C=O) groups is 2. The standard InChI is InChI=1S/C19H19Cl2NO3/c1-3-13-7-9-14(10-8-13)12(2)22-17(23)11-25-19(24)15-5-4-6-16(20)18(15)21/h4-10,12H,3,11H2,1-2H3,(H,22,23)/t12-/m1/s1. The van der Waals surface area contributed by atoms with E-state index in [1.54, 1.807) is 12.1 Å². The van der Waals surface area contributed by atoms with Crippen LogP contribution in [-0.2, 0) is 16.0 Å². The van der Waals surface area contributed by atoms with Crippen LogP contribution in [0.15, 0.2) is 42.5 Å². The summed E-state index contributed by atoms with van der Waals surface area (Å²) in [5.41, 5.74) is 2.34. The summed E-state index contributed by atoms with van der Waals surface area (Å²) in [5, 5.41) is 3.16. The zero-order valence-electron chi connectivity index (χ0n) is 14.0. The molecule has 0 radical (unpaired) electrons. The lowest BCUT2D eigenvalue weighted by Crippen LogP contribution is -2.31. The Morgan fingerprint density at radius 1 is 1.12 bits per heavy atom. The summed E-state index contributed by atoms with van der Waals surface area (Å²) in [6, 6.07) is 12.5. The van der Waals surface area contributed by atoms with E-state index in [9.17, 15) is 9.59 Å². The first kappa shape index (κ1) is 19.3. The molecule has 2 aromatic rings. The molecule has 0 aliphatic rings. The van der Waals surface area contributed by atoms with Crippen LogP contribution in [0.1, 0.15) is 41.4 Å². The smallest absolute Gasteiger partial charge is 0.340 e. The normalized spacial score (nSPS) is 11.7. The Hall–Kier alpha value is -2.04. The van der Waals surface area contributed by atoms with Crippen LogP contribution in [0, 0.1) is 0 Å². The van der Waals surface area contributed by atoms with Crippen molar-refractivity contribution in [1.29, 1.82) is 0 Å². The van der Waals surface area contributed by atoms with E-state index < -0.39 is 11.9 Å². The van der Waals surface area contributed by atoms with Crippen LogP contribution in [-0.4, -0.2) is 18.5 Å². The number of nitrogens with one attached hydrogen (secondary N) is 1. The third-order valence-electron chi connectivity index (χ3n) is 3.77. The van der Waals surface area contributed by atoms with Gasteiger partial charge in [-0.3, -0.25) is 4.79 Å². The highest BCUT2D eigenvalue weighted by Gasteiger charge is 2.16. The molecule has 0 aliphatic carbocycles. The molecule has 132 valence electrons. The van der Waals surface area contributed by atoms with Crippen LogP contribution in [0.3, 0.4) is 0 Å². The molecule has 2 aromatic carbocycles. The molecule has 0 aromatic heterocycles. The second kappa shape index (κ2) is 8.88. The zero-order valence-corrected chi connectivity index (χ0v) is 15.5. The molecular formula is C19H19Cl2NO3. The van der Waals surface area contributed by atoms with Gasteiger partial charge in [0.25, 0.3) is 5.91 Å². The van der Waals surface area contributed by atoms with Gasteiger partial charge < -0.3 is 10.1 Å². The molecule has 2 rings (SSSR count). The van der Waals surface area contributed by atoms with Crippen molar-refractivity contribution >= 4 is 35.1 Å². The minimum atomic E-state index is -0.692. The molecule has 0 saturated heterocycles. The Morgan fingerprint density at radius 3 is 2.44 bits per heavy atom. The first-order chi connectivity index (χ1) is 11.9. The van der Waals surface area contributed by atoms with Crippen molar-refractivity contribution in [3.05, 3.63) is 69.2 Å². The van der Waals surface area contributed by atoms with Gasteiger partial charge in [-0.2, -0.15) is 0 Å². The number of aryl methyl sites for hydroxylation is 1. The number of benzene rings is 2. The molecule has 0 bridgehead atoms. The van der Waals surface area contributed by atoms with Crippen molar-refractivity contribution in [3.8, 4) is 0 Å². The Kier molecular flexibility index (Phi) is 6.85. The number of amides is 1. The Bertz CT molecular complexity index is 760. The highest BCUT2D eigenvalue weighted by molar-refractivity contribution is 6.43. The summed E-state index contributed by atoms with van der Waals surface area (Å²) in [6.07, 6.45) is 0.961. The average Bonchev–Trinajstić information content (AvgIpc) is 2.62. The lowest BCUT2D eigenvalue weighted by atomic mass is 10.1. The lowest BCUT2D eigenvalue weighted by molar-refractivity contribution is -0.124. The largest absolute Gasteiger partial charge is 0.452 e. The van der Waals surface area contributed by atoms with E-state index in [1.807, 2.05) is 31.2 Å². The van der Waals surface area contributed by atoms with Crippen LogP contribution >= 0.6 is 23.2 Å². The van der Waals surface area contributed by atoms with Gasteiger partial charge in [0.15, 0.2) is 6.61 Å². The molecule has 25 heavy (non-hydrogen) atoms. The molecule has 6 heteroatoms. The second-order valence-corrected chi connectivity index (χ2v) is 6.35. The van der Waals surface area contributed by atoms with Gasteiger partial charge in [0, 0.05) is 0 Å². The number of hydrogen-bond donors (Lipinski definition) is 1.